The summed E-state index contributed by atoms with van der Waals surface area (Å²) in [6, 6.07) is 43.5. The van der Waals surface area contributed by atoms with Gasteiger partial charge in [0.15, 0.2) is 0 Å². The van der Waals surface area contributed by atoms with Crippen LogP contribution in [0.25, 0.3) is 53.8 Å². The van der Waals surface area contributed by atoms with E-state index >= 15 is 0 Å². The SMILES string of the molecule is CC(C)c1cc(-c2[c-]cccc2)ncc1[Si](C)(C)C.[Ir].[c-]1ccc2c(sc3ccc(-c4ccccc4)cc32)c1-c1cc(CC2CC3CCC2CC3)ccn1. The van der Waals surface area contributed by atoms with Crippen molar-refractivity contribution in [2.75, 3.05) is 0 Å². The zero-order valence-electron chi connectivity index (χ0n) is 32.2. The first-order valence-corrected chi connectivity index (χ1v) is 23.9. The standard InChI is InChI=1S/C32H28NS.C17H22NSi.Ir/c1-2-5-23(6-3-1)25-13-14-31-29(20-25)27-7-4-8-28(32(27)34-31)30-19-22(15-16-33-30)18-26-17-21-9-11-24(26)12-10-21;1-13(2)15-11-16(14-9-7-6-8-10-14)18-12-17(15)19(3,4)5;/h1-7,13-16,19-21,24,26H,9-12,17-18H2;6-9,11-13H,1-5H3;/q2*-1;. The predicted octanol–water partition coefficient (Wildman–Crippen LogP) is 13.2. The zero-order chi connectivity index (χ0) is 36.5. The Labute approximate surface area is 340 Å². The molecule has 1 radical (unpaired) electrons. The maximum absolute atomic E-state index is 4.81. The molecule has 3 aliphatic rings. The Morgan fingerprint density at radius 3 is 2.26 bits per heavy atom. The van der Waals surface area contributed by atoms with Crippen molar-refractivity contribution < 1.29 is 20.1 Å². The molecule has 277 valence electrons. The Morgan fingerprint density at radius 2 is 1.56 bits per heavy atom. The average molecular weight is 919 g/mol. The van der Waals surface area contributed by atoms with Crippen LogP contribution in [-0.2, 0) is 26.5 Å². The zero-order valence-corrected chi connectivity index (χ0v) is 36.4. The summed E-state index contributed by atoms with van der Waals surface area (Å²) >= 11 is 1.87. The average Bonchev–Trinajstić information content (AvgIpc) is 3.57. The predicted molar refractivity (Wildman–Crippen MR) is 230 cm³/mol. The number of nitrogens with zero attached hydrogens (tertiary/aromatic N) is 2. The van der Waals surface area contributed by atoms with Gasteiger partial charge in [-0.15, -0.1) is 59.7 Å². The van der Waals surface area contributed by atoms with Crippen molar-refractivity contribution in [3.05, 3.63) is 139 Å². The molecule has 1 unspecified atom stereocenters. The fourth-order valence-electron chi connectivity index (χ4n) is 8.82. The van der Waals surface area contributed by atoms with Crippen LogP contribution in [0, 0.1) is 29.9 Å². The quantitative estimate of drug-likeness (QED) is 0.118. The van der Waals surface area contributed by atoms with E-state index in [0.717, 1.165) is 40.3 Å². The van der Waals surface area contributed by atoms with E-state index < -0.39 is 8.07 Å². The van der Waals surface area contributed by atoms with Gasteiger partial charge in [-0.25, -0.2) is 0 Å². The van der Waals surface area contributed by atoms with Crippen molar-refractivity contribution in [3.8, 4) is 33.6 Å². The Morgan fingerprint density at radius 1 is 0.759 bits per heavy atom. The molecule has 0 spiro atoms. The topological polar surface area (TPSA) is 25.8 Å². The first-order chi connectivity index (χ1) is 25.7. The number of rotatable bonds is 7. The normalized spacial score (nSPS) is 18.0. The van der Waals surface area contributed by atoms with E-state index in [-0.39, 0.29) is 20.1 Å². The maximum atomic E-state index is 4.81. The summed E-state index contributed by atoms with van der Waals surface area (Å²) in [5.74, 6) is 3.33. The fourth-order valence-corrected chi connectivity index (χ4v) is 11.7. The number of hydrogen-bond acceptors (Lipinski definition) is 3. The molecule has 5 heteroatoms. The molecule has 3 aromatic heterocycles. The van der Waals surface area contributed by atoms with Gasteiger partial charge in [0.2, 0.25) is 0 Å². The molecular formula is C49H50IrN2SSi-2. The van der Waals surface area contributed by atoms with Crippen LogP contribution < -0.4 is 5.19 Å². The van der Waals surface area contributed by atoms with Crippen molar-refractivity contribution in [1.82, 2.24) is 9.97 Å². The molecule has 0 aliphatic heterocycles. The number of pyridine rings is 2. The molecule has 2 nitrogen and oxygen atoms in total. The number of aromatic nitrogens is 2. The van der Waals surface area contributed by atoms with Gasteiger partial charge in [-0.1, -0.05) is 111 Å². The second kappa shape index (κ2) is 16.6. The molecule has 0 N–H and O–H groups in total. The maximum Gasteiger partial charge on any atom is 0.0799 e. The second-order valence-electron chi connectivity index (χ2n) is 16.6. The van der Waals surface area contributed by atoms with Crippen molar-refractivity contribution in [2.24, 2.45) is 17.8 Å². The third kappa shape index (κ3) is 8.26. The fraction of sp³-hybridized carbons (Fsp3) is 0.306. The van der Waals surface area contributed by atoms with Crippen molar-refractivity contribution >= 4 is 44.8 Å². The second-order valence-corrected chi connectivity index (χ2v) is 22.7. The van der Waals surface area contributed by atoms with E-state index in [1.807, 2.05) is 35.7 Å². The Balaban J connectivity index is 0.000000193. The molecule has 3 saturated carbocycles. The molecule has 1 atom stereocenters. The molecule has 10 rings (SSSR count). The van der Waals surface area contributed by atoms with Crippen LogP contribution in [0.3, 0.4) is 0 Å². The minimum Gasteiger partial charge on any atom is -0.305 e. The van der Waals surface area contributed by atoms with Gasteiger partial charge in [-0.2, -0.15) is 11.3 Å². The van der Waals surface area contributed by atoms with Crippen LogP contribution in [0.15, 0.2) is 116 Å². The molecular weight excluding hydrogens is 869 g/mol. The van der Waals surface area contributed by atoms with Gasteiger partial charge < -0.3 is 9.97 Å². The molecule has 3 aliphatic carbocycles. The summed E-state index contributed by atoms with van der Waals surface area (Å²) in [6.07, 6.45) is 12.6. The van der Waals surface area contributed by atoms with Crippen LogP contribution >= 0.6 is 11.3 Å². The van der Waals surface area contributed by atoms with E-state index in [1.54, 1.807) is 0 Å². The summed E-state index contributed by atoms with van der Waals surface area (Å²) in [6.45, 7) is 11.7. The Hall–Kier alpha value is -3.73. The van der Waals surface area contributed by atoms with Gasteiger partial charge in [0.1, 0.15) is 0 Å². The molecule has 54 heavy (non-hydrogen) atoms. The van der Waals surface area contributed by atoms with Gasteiger partial charge >= 0.3 is 0 Å². The third-order valence-corrected chi connectivity index (χ3v) is 14.9. The molecule has 2 bridgehead atoms. The van der Waals surface area contributed by atoms with Gasteiger partial charge in [0.25, 0.3) is 0 Å². The summed E-state index contributed by atoms with van der Waals surface area (Å²) in [5, 5.41) is 4.11. The van der Waals surface area contributed by atoms with Gasteiger partial charge in [0.05, 0.1) is 8.07 Å². The third-order valence-electron chi connectivity index (χ3n) is 11.7. The van der Waals surface area contributed by atoms with Crippen LogP contribution in [0.1, 0.15) is 63.0 Å². The number of fused-ring (bicyclic) bond motifs is 6. The number of hydrogen-bond donors (Lipinski definition) is 0. The molecule has 7 aromatic rings. The Bertz CT molecular complexity index is 2340. The van der Waals surface area contributed by atoms with Crippen LogP contribution in [-0.4, -0.2) is 18.0 Å². The van der Waals surface area contributed by atoms with E-state index in [1.165, 1.54) is 86.1 Å². The summed E-state index contributed by atoms with van der Waals surface area (Å²) in [4.78, 5) is 9.47. The summed E-state index contributed by atoms with van der Waals surface area (Å²) in [5.41, 5.74) is 9.74. The molecule has 0 amide bonds. The van der Waals surface area contributed by atoms with Crippen molar-refractivity contribution in [3.63, 3.8) is 0 Å². The van der Waals surface area contributed by atoms with Crippen molar-refractivity contribution in [2.45, 2.75) is 77.9 Å². The number of thiophene rings is 1. The molecule has 3 heterocycles. The number of benzene rings is 4. The van der Waals surface area contributed by atoms with Crippen LogP contribution in [0.4, 0.5) is 0 Å². The van der Waals surface area contributed by atoms with Crippen LogP contribution in [0.2, 0.25) is 19.6 Å². The molecule has 0 saturated heterocycles. The largest absolute Gasteiger partial charge is 0.305 e. The van der Waals surface area contributed by atoms with E-state index in [0.29, 0.717) is 5.92 Å². The van der Waals surface area contributed by atoms with E-state index in [2.05, 4.69) is 142 Å². The smallest absolute Gasteiger partial charge is 0.0799 e. The van der Waals surface area contributed by atoms with Crippen LogP contribution in [0.5, 0.6) is 0 Å². The summed E-state index contributed by atoms with van der Waals surface area (Å²) < 4.78 is 2.62. The van der Waals surface area contributed by atoms with Gasteiger partial charge in [0, 0.05) is 37.2 Å². The van der Waals surface area contributed by atoms with Gasteiger partial charge in [-0.05, 0) is 105 Å². The summed E-state index contributed by atoms with van der Waals surface area (Å²) in [7, 11) is -1.34. The van der Waals surface area contributed by atoms with Gasteiger partial charge in [-0.3, -0.25) is 0 Å². The first-order valence-electron chi connectivity index (χ1n) is 19.6. The molecule has 4 aromatic carbocycles. The van der Waals surface area contributed by atoms with E-state index in [4.69, 9.17) is 4.98 Å². The monoisotopic (exact) mass is 919 g/mol. The minimum atomic E-state index is -1.34. The molecule has 3 fully saturated rings. The Kier molecular flexibility index (Phi) is 11.8. The van der Waals surface area contributed by atoms with E-state index in [9.17, 15) is 0 Å². The first kappa shape index (κ1) is 38.5. The van der Waals surface area contributed by atoms with Crippen molar-refractivity contribution in [1.29, 1.82) is 0 Å². The minimum absolute atomic E-state index is 0.